The molecule has 2 N–H and O–H groups in total. The topological polar surface area (TPSA) is 32.3 Å². The number of aliphatic hydroxyl groups excluding tert-OH is 1. The SMILES string of the molecule is CCCCCCCCCCCCCCCC[C@@H](O)CNCc1ccccc1. The summed E-state index contributed by atoms with van der Waals surface area (Å²) < 4.78 is 0. The molecule has 1 aromatic rings. The molecule has 1 atom stereocenters. The summed E-state index contributed by atoms with van der Waals surface area (Å²) in [5.74, 6) is 0. The molecule has 0 heterocycles. The number of hydrogen-bond donors (Lipinski definition) is 2. The van der Waals surface area contributed by atoms with Crippen LogP contribution in [0.4, 0.5) is 0 Å². The largest absolute Gasteiger partial charge is 0.392 e. The fraction of sp³-hybridized carbons (Fsp3) is 0.760. The number of aliphatic hydroxyl groups is 1. The van der Waals surface area contributed by atoms with Crippen LogP contribution in [0.2, 0.25) is 0 Å². The van der Waals surface area contributed by atoms with E-state index in [2.05, 4.69) is 36.5 Å². The zero-order valence-electron chi connectivity index (χ0n) is 17.9. The molecular weight excluding hydrogens is 330 g/mol. The molecule has 1 rings (SSSR count). The summed E-state index contributed by atoms with van der Waals surface area (Å²) in [6.07, 6.45) is 20.1. The van der Waals surface area contributed by atoms with Gasteiger partial charge in [-0.05, 0) is 12.0 Å². The minimum Gasteiger partial charge on any atom is -0.392 e. The molecule has 2 nitrogen and oxygen atoms in total. The Kier molecular flexibility index (Phi) is 16.6. The van der Waals surface area contributed by atoms with Gasteiger partial charge in [-0.2, -0.15) is 0 Å². The van der Waals surface area contributed by atoms with Crippen molar-refractivity contribution in [1.29, 1.82) is 0 Å². The molecule has 1 aromatic carbocycles. The van der Waals surface area contributed by atoms with E-state index in [1.165, 1.54) is 89.0 Å². The van der Waals surface area contributed by atoms with Gasteiger partial charge >= 0.3 is 0 Å². The van der Waals surface area contributed by atoms with Crippen LogP contribution in [0, 0.1) is 0 Å². The average Bonchev–Trinajstić information content (AvgIpc) is 2.69. The molecule has 0 aliphatic carbocycles. The van der Waals surface area contributed by atoms with Gasteiger partial charge in [0.1, 0.15) is 0 Å². The summed E-state index contributed by atoms with van der Waals surface area (Å²) in [5, 5.41) is 13.4. The van der Waals surface area contributed by atoms with Gasteiger partial charge in [0, 0.05) is 13.1 Å². The third-order valence-corrected chi connectivity index (χ3v) is 5.44. The quantitative estimate of drug-likeness (QED) is 0.255. The second-order valence-corrected chi connectivity index (χ2v) is 8.16. The van der Waals surface area contributed by atoms with E-state index < -0.39 is 0 Å². The normalized spacial score (nSPS) is 12.4. The first kappa shape index (κ1) is 24.2. The zero-order chi connectivity index (χ0) is 19.4. The van der Waals surface area contributed by atoms with Crippen LogP contribution in [0.15, 0.2) is 30.3 Å². The van der Waals surface area contributed by atoms with Crippen LogP contribution < -0.4 is 5.32 Å². The molecular formula is C25H45NO. The van der Waals surface area contributed by atoms with Crippen LogP contribution >= 0.6 is 0 Å². The lowest BCUT2D eigenvalue weighted by Crippen LogP contribution is -2.26. The maximum absolute atomic E-state index is 10.1. The maximum Gasteiger partial charge on any atom is 0.0664 e. The lowest BCUT2D eigenvalue weighted by atomic mass is 10.0. The van der Waals surface area contributed by atoms with Gasteiger partial charge in [0.2, 0.25) is 0 Å². The molecule has 0 amide bonds. The van der Waals surface area contributed by atoms with E-state index in [0.717, 1.165) is 19.4 Å². The second kappa shape index (κ2) is 18.5. The van der Waals surface area contributed by atoms with Gasteiger partial charge < -0.3 is 10.4 Å². The van der Waals surface area contributed by atoms with E-state index in [4.69, 9.17) is 0 Å². The molecule has 0 saturated heterocycles. The van der Waals surface area contributed by atoms with Crippen LogP contribution in [-0.4, -0.2) is 17.8 Å². The van der Waals surface area contributed by atoms with Gasteiger partial charge in [-0.15, -0.1) is 0 Å². The van der Waals surface area contributed by atoms with Crippen molar-refractivity contribution in [3.63, 3.8) is 0 Å². The molecule has 0 aliphatic heterocycles. The van der Waals surface area contributed by atoms with E-state index in [-0.39, 0.29) is 6.10 Å². The van der Waals surface area contributed by atoms with Crippen LogP contribution in [0.5, 0.6) is 0 Å². The Hall–Kier alpha value is -0.860. The van der Waals surface area contributed by atoms with E-state index in [1.54, 1.807) is 0 Å². The van der Waals surface area contributed by atoms with Crippen molar-refractivity contribution in [2.75, 3.05) is 6.54 Å². The summed E-state index contributed by atoms with van der Waals surface area (Å²) in [7, 11) is 0. The second-order valence-electron chi connectivity index (χ2n) is 8.16. The Labute approximate surface area is 169 Å². The summed E-state index contributed by atoms with van der Waals surface area (Å²) in [5.41, 5.74) is 1.28. The highest BCUT2D eigenvalue weighted by Crippen LogP contribution is 2.13. The smallest absolute Gasteiger partial charge is 0.0664 e. The molecule has 0 aromatic heterocycles. The highest BCUT2D eigenvalue weighted by atomic mass is 16.3. The molecule has 0 unspecified atom stereocenters. The van der Waals surface area contributed by atoms with Crippen LogP contribution in [0.3, 0.4) is 0 Å². The van der Waals surface area contributed by atoms with Gasteiger partial charge in [-0.25, -0.2) is 0 Å². The average molecular weight is 376 g/mol. The number of benzene rings is 1. The Balaban J connectivity index is 1.77. The molecule has 27 heavy (non-hydrogen) atoms. The van der Waals surface area contributed by atoms with E-state index in [1.807, 2.05) is 6.07 Å². The van der Waals surface area contributed by atoms with Crippen LogP contribution in [0.1, 0.15) is 109 Å². The first-order chi connectivity index (χ1) is 13.3. The summed E-state index contributed by atoms with van der Waals surface area (Å²) in [4.78, 5) is 0. The molecule has 0 saturated carbocycles. The molecule has 2 heteroatoms. The number of nitrogens with one attached hydrogen (secondary N) is 1. The predicted molar refractivity (Wildman–Crippen MR) is 119 cm³/mol. The molecule has 0 radical (unpaired) electrons. The number of rotatable bonds is 19. The van der Waals surface area contributed by atoms with Crippen molar-refractivity contribution in [1.82, 2.24) is 5.32 Å². The van der Waals surface area contributed by atoms with Gasteiger partial charge in [0.05, 0.1) is 6.10 Å². The summed E-state index contributed by atoms with van der Waals surface area (Å²) in [6, 6.07) is 10.4. The Bertz CT molecular complexity index is 406. The lowest BCUT2D eigenvalue weighted by molar-refractivity contribution is 0.157. The van der Waals surface area contributed by atoms with E-state index in [0.29, 0.717) is 6.54 Å². The van der Waals surface area contributed by atoms with Crippen LogP contribution in [0.25, 0.3) is 0 Å². The van der Waals surface area contributed by atoms with E-state index in [9.17, 15) is 5.11 Å². The van der Waals surface area contributed by atoms with Gasteiger partial charge in [-0.1, -0.05) is 127 Å². The number of hydrogen-bond acceptors (Lipinski definition) is 2. The van der Waals surface area contributed by atoms with Gasteiger partial charge in [-0.3, -0.25) is 0 Å². The first-order valence-corrected chi connectivity index (χ1v) is 11.8. The molecule has 0 bridgehead atoms. The lowest BCUT2D eigenvalue weighted by Gasteiger charge is -2.11. The highest BCUT2D eigenvalue weighted by Gasteiger charge is 2.03. The third kappa shape index (κ3) is 15.9. The summed E-state index contributed by atoms with van der Waals surface area (Å²) >= 11 is 0. The standard InChI is InChI=1S/C25H45NO/c1-2-3-4-5-6-7-8-9-10-11-12-13-14-18-21-25(27)23-26-22-24-19-16-15-17-20-24/h15-17,19-20,25-27H,2-14,18,21-23H2,1H3/t25-/m1/s1. The minimum absolute atomic E-state index is 0.203. The first-order valence-electron chi connectivity index (χ1n) is 11.8. The Morgan fingerprint density at radius 1 is 0.704 bits per heavy atom. The van der Waals surface area contributed by atoms with Crippen molar-refractivity contribution < 1.29 is 5.11 Å². The van der Waals surface area contributed by atoms with Crippen LogP contribution in [-0.2, 0) is 6.54 Å². The molecule has 0 fully saturated rings. The zero-order valence-corrected chi connectivity index (χ0v) is 17.9. The molecule has 156 valence electrons. The maximum atomic E-state index is 10.1. The monoisotopic (exact) mass is 375 g/mol. The van der Waals surface area contributed by atoms with Gasteiger partial charge in [0.15, 0.2) is 0 Å². The van der Waals surface area contributed by atoms with Crippen molar-refractivity contribution in [2.45, 2.75) is 116 Å². The highest BCUT2D eigenvalue weighted by molar-refractivity contribution is 5.14. The molecule has 0 aliphatic rings. The third-order valence-electron chi connectivity index (χ3n) is 5.44. The van der Waals surface area contributed by atoms with Crippen molar-refractivity contribution in [3.05, 3.63) is 35.9 Å². The van der Waals surface area contributed by atoms with Crippen molar-refractivity contribution in [2.24, 2.45) is 0 Å². The van der Waals surface area contributed by atoms with Crippen molar-refractivity contribution in [3.8, 4) is 0 Å². The Morgan fingerprint density at radius 3 is 1.70 bits per heavy atom. The minimum atomic E-state index is -0.203. The fourth-order valence-electron chi connectivity index (χ4n) is 3.66. The number of unbranched alkanes of at least 4 members (excludes halogenated alkanes) is 13. The predicted octanol–water partition coefficient (Wildman–Crippen LogP) is 7.01. The van der Waals surface area contributed by atoms with Crippen molar-refractivity contribution >= 4 is 0 Å². The van der Waals surface area contributed by atoms with Gasteiger partial charge in [0.25, 0.3) is 0 Å². The van der Waals surface area contributed by atoms with E-state index >= 15 is 0 Å². The Morgan fingerprint density at radius 2 is 1.19 bits per heavy atom. The molecule has 0 spiro atoms. The summed E-state index contributed by atoms with van der Waals surface area (Å²) in [6.45, 7) is 3.83. The fourth-order valence-corrected chi connectivity index (χ4v) is 3.66.